The summed E-state index contributed by atoms with van der Waals surface area (Å²) < 4.78 is 20.3. The topological polar surface area (TPSA) is 82.0 Å². The van der Waals surface area contributed by atoms with Gasteiger partial charge in [-0.25, -0.2) is 0 Å². The zero-order chi connectivity index (χ0) is 16.0. The summed E-state index contributed by atoms with van der Waals surface area (Å²) in [6, 6.07) is 0. The van der Waals surface area contributed by atoms with Crippen LogP contribution in [-0.2, 0) is 20.9 Å². The van der Waals surface area contributed by atoms with E-state index in [1.807, 2.05) is 20.8 Å². The van der Waals surface area contributed by atoms with E-state index in [9.17, 15) is 14.5 Å². The molecule has 0 aliphatic rings. The summed E-state index contributed by atoms with van der Waals surface area (Å²) in [7, 11) is 0. The number of hydrogen-bond acceptors (Lipinski definition) is 5. The molecule has 5 nitrogen and oxygen atoms in total. The fraction of sp³-hybridized carbons (Fsp3) is 0.857. The Morgan fingerprint density at radius 1 is 1.35 bits per heavy atom. The molecule has 0 aromatic carbocycles. The van der Waals surface area contributed by atoms with E-state index in [2.05, 4.69) is 4.40 Å². The first-order valence-corrected chi connectivity index (χ1v) is 7.87. The molecule has 0 rings (SSSR count). The van der Waals surface area contributed by atoms with Gasteiger partial charge in [0.15, 0.2) is 0 Å². The molecule has 0 heterocycles. The molecule has 1 N–H and O–H groups in total. The maximum Gasteiger partial charge on any atom is 0.308 e. The average Bonchev–Trinajstić information content (AvgIpc) is 2.19. The SMILES string of the molecule is CC(C)(C)OC(=O)C[C@@H](O)CCC=N[S@+]([O-])C(C)(C)C. The van der Waals surface area contributed by atoms with Crippen molar-refractivity contribution in [3.05, 3.63) is 0 Å². The normalized spacial score (nSPS) is 16.2. The molecule has 6 heteroatoms. The molecule has 0 bridgehead atoms. The number of ether oxygens (including phenoxy) is 1. The Morgan fingerprint density at radius 3 is 2.35 bits per heavy atom. The molecule has 0 fully saturated rings. The predicted octanol–water partition coefficient (Wildman–Crippen LogP) is 2.39. The number of hydrogen-bond donors (Lipinski definition) is 1. The number of nitrogens with zero attached hydrogens (tertiary/aromatic N) is 1. The molecule has 0 aromatic heterocycles. The first kappa shape index (κ1) is 19.4. The van der Waals surface area contributed by atoms with Crippen molar-refractivity contribution in [2.75, 3.05) is 0 Å². The summed E-state index contributed by atoms with van der Waals surface area (Å²) in [4.78, 5) is 11.5. The summed E-state index contributed by atoms with van der Waals surface area (Å²) in [5, 5.41) is 9.70. The van der Waals surface area contributed by atoms with Gasteiger partial charge in [0.1, 0.15) is 21.7 Å². The second kappa shape index (κ2) is 8.00. The molecular weight excluding hydrogens is 278 g/mol. The molecule has 2 atom stereocenters. The number of rotatable bonds is 6. The number of carbonyl (C=O) groups is 1. The van der Waals surface area contributed by atoms with Crippen molar-refractivity contribution >= 4 is 23.5 Å². The lowest BCUT2D eigenvalue weighted by atomic mass is 10.1. The fourth-order valence-corrected chi connectivity index (χ4v) is 1.78. The Bertz CT molecular complexity index is 331. The molecule has 0 aliphatic heterocycles. The van der Waals surface area contributed by atoms with Gasteiger partial charge in [0, 0.05) is 0 Å². The molecular formula is C14H27NO4S. The average molecular weight is 305 g/mol. The van der Waals surface area contributed by atoms with E-state index >= 15 is 0 Å². The second-order valence-electron chi connectivity index (χ2n) is 6.67. The lowest BCUT2D eigenvalue weighted by Gasteiger charge is -2.20. The monoisotopic (exact) mass is 305 g/mol. The van der Waals surface area contributed by atoms with Crippen molar-refractivity contribution in [1.82, 2.24) is 0 Å². The summed E-state index contributed by atoms with van der Waals surface area (Å²) in [5.74, 6) is -0.416. The quantitative estimate of drug-likeness (QED) is 0.464. The van der Waals surface area contributed by atoms with Crippen LogP contribution in [0.2, 0.25) is 0 Å². The van der Waals surface area contributed by atoms with Gasteiger partial charge >= 0.3 is 5.97 Å². The highest BCUT2D eigenvalue weighted by Gasteiger charge is 2.25. The molecule has 118 valence electrons. The smallest absolute Gasteiger partial charge is 0.308 e. The van der Waals surface area contributed by atoms with Crippen LogP contribution < -0.4 is 0 Å². The Balaban J connectivity index is 3.98. The van der Waals surface area contributed by atoms with Crippen LogP contribution in [0.25, 0.3) is 0 Å². The van der Waals surface area contributed by atoms with E-state index in [1.54, 1.807) is 27.0 Å². The van der Waals surface area contributed by atoms with Crippen LogP contribution in [0.5, 0.6) is 0 Å². The van der Waals surface area contributed by atoms with Crippen molar-refractivity contribution in [2.24, 2.45) is 4.40 Å². The third-order valence-corrected chi connectivity index (χ3v) is 3.53. The van der Waals surface area contributed by atoms with Gasteiger partial charge in [-0.15, -0.1) is 0 Å². The van der Waals surface area contributed by atoms with Crippen LogP contribution >= 0.6 is 0 Å². The van der Waals surface area contributed by atoms with Crippen LogP contribution in [0, 0.1) is 0 Å². The Morgan fingerprint density at radius 2 is 1.90 bits per heavy atom. The number of aliphatic hydroxyl groups excluding tert-OH is 1. The van der Waals surface area contributed by atoms with Gasteiger partial charge in [-0.3, -0.25) is 4.79 Å². The van der Waals surface area contributed by atoms with Gasteiger partial charge in [0.25, 0.3) is 0 Å². The van der Waals surface area contributed by atoms with Gasteiger partial charge in [-0.1, -0.05) is 4.40 Å². The molecule has 0 saturated carbocycles. The lowest BCUT2D eigenvalue weighted by Crippen LogP contribution is -2.26. The first-order valence-electron chi connectivity index (χ1n) is 6.76. The summed E-state index contributed by atoms with van der Waals surface area (Å²) in [6.07, 6.45) is 1.61. The Hall–Kier alpha value is -0.590. The molecule has 0 saturated heterocycles. The van der Waals surface area contributed by atoms with E-state index < -0.39 is 29.0 Å². The summed E-state index contributed by atoms with van der Waals surface area (Å²) >= 11 is -1.28. The third-order valence-electron chi connectivity index (χ3n) is 2.15. The van der Waals surface area contributed by atoms with E-state index in [0.29, 0.717) is 12.8 Å². The van der Waals surface area contributed by atoms with Crippen LogP contribution in [0.4, 0.5) is 0 Å². The predicted molar refractivity (Wildman–Crippen MR) is 82.1 cm³/mol. The largest absolute Gasteiger partial charge is 0.591 e. The molecule has 0 amide bonds. The Kier molecular flexibility index (Phi) is 7.76. The summed E-state index contributed by atoms with van der Waals surface area (Å²) in [5.41, 5.74) is -0.540. The van der Waals surface area contributed by atoms with Crippen molar-refractivity contribution in [3.63, 3.8) is 0 Å². The minimum Gasteiger partial charge on any atom is -0.591 e. The molecule has 0 aromatic rings. The summed E-state index contributed by atoms with van der Waals surface area (Å²) in [6.45, 7) is 10.9. The van der Waals surface area contributed by atoms with Gasteiger partial charge in [0.2, 0.25) is 0 Å². The van der Waals surface area contributed by atoms with Gasteiger partial charge in [-0.2, -0.15) is 0 Å². The third kappa shape index (κ3) is 10.2. The Labute approximate surface area is 125 Å². The zero-order valence-corrected chi connectivity index (χ0v) is 14.1. The van der Waals surface area contributed by atoms with Gasteiger partial charge in [0.05, 0.1) is 18.7 Å². The van der Waals surface area contributed by atoms with Crippen molar-refractivity contribution < 1.29 is 19.2 Å². The van der Waals surface area contributed by atoms with Crippen molar-refractivity contribution in [2.45, 2.75) is 77.3 Å². The van der Waals surface area contributed by atoms with Crippen molar-refractivity contribution in [3.8, 4) is 0 Å². The maximum atomic E-state index is 11.6. The van der Waals surface area contributed by atoms with Crippen LogP contribution in [-0.4, -0.2) is 38.3 Å². The van der Waals surface area contributed by atoms with Crippen LogP contribution in [0.3, 0.4) is 0 Å². The van der Waals surface area contributed by atoms with E-state index in [0.717, 1.165) is 0 Å². The minimum absolute atomic E-state index is 0.0343. The lowest BCUT2D eigenvalue weighted by molar-refractivity contribution is -0.157. The maximum absolute atomic E-state index is 11.6. The van der Waals surface area contributed by atoms with Crippen LogP contribution in [0.1, 0.15) is 60.8 Å². The van der Waals surface area contributed by atoms with E-state index in [4.69, 9.17) is 4.74 Å². The van der Waals surface area contributed by atoms with Gasteiger partial charge in [-0.05, 0) is 54.4 Å². The molecule has 0 aliphatic carbocycles. The van der Waals surface area contributed by atoms with E-state index in [1.165, 1.54) is 0 Å². The highest BCUT2D eigenvalue weighted by atomic mass is 32.2. The standard InChI is InChI=1S/C14H27NO4S/c1-13(2,3)19-12(17)10-11(16)8-7-9-15-20(18)14(4,5)6/h9,11,16H,7-8,10H2,1-6H3/t11-,20+/m0/s1. The number of aliphatic hydroxyl groups is 1. The number of carbonyl (C=O) groups excluding carboxylic acids is 1. The van der Waals surface area contributed by atoms with E-state index in [-0.39, 0.29) is 11.2 Å². The zero-order valence-electron chi connectivity index (χ0n) is 13.3. The minimum atomic E-state index is -1.28. The van der Waals surface area contributed by atoms with Crippen molar-refractivity contribution in [1.29, 1.82) is 0 Å². The number of esters is 1. The highest BCUT2D eigenvalue weighted by molar-refractivity contribution is 7.91. The molecule has 0 radical (unpaired) electrons. The molecule has 20 heavy (non-hydrogen) atoms. The molecule has 0 unspecified atom stereocenters. The fourth-order valence-electron chi connectivity index (χ4n) is 1.22. The van der Waals surface area contributed by atoms with Crippen LogP contribution in [0.15, 0.2) is 4.40 Å². The first-order chi connectivity index (χ1) is 8.92. The highest BCUT2D eigenvalue weighted by Crippen LogP contribution is 2.16. The van der Waals surface area contributed by atoms with Gasteiger partial charge < -0.3 is 14.4 Å². The molecule has 0 spiro atoms. The second-order valence-corrected chi connectivity index (χ2v) is 8.61.